The number of amides is 1. The molecule has 8 nitrogen and oxygen atoms in total. The Morgan fingerprint density at radius 2 is 1.73 bits per heavy atom. The van der Waals surface area contributed by atoms with Crippen LogP contribution < -0.4 is 4.90 Å². The van der Waals surface area contributed by atoms with Gasteiger partial charge >= 0.3 is 12.3 Å². The summed E-state index contributed by atoms with van der Waals surface area (Å²) >= 11 is 6.34. The molecule has 3 saturated heterocycles. The number of anilines is 1. The number of piperazine rings is 1. The van der Waals surface area contributed by atoms with Crippen molar-refractivity contribution < 1.29 is 31.1 Å². The Kier molecular flexibility index (Phi) is 8.23. The van der Waals surface area contributed by atoms with Crippen LogP contribution in [0.2, 0.25) is 5.02 Å². The first-order chi connectivity index (χ1) is 17.3. The lowest BCUT2D eigenvalue weighted by Gasteiger charge is -2.45. The van der Waals surface area contributed by atoms with Gasteiger partial charge in [-0.15, -0.1) is 0 Å². The summed E-state index contributed by atoms with van der Waals surface area (Å²) in [5, 5.41) is 0.611. The number of carbonyl (C=O) groups is 1. The number of benzene rings is 1. The summed E-state index contributed by atoms with van der Waals surface area (Å²) in [7, 11) is -3.23. The molecule has 3 heterocycles. The first-order valence-electron chi connectivity index (χ1n) is 12.5. The number of ether oxygens (including phenoxy) is 1. The molecular weight excluding hydrogens is 533 g/mol. The Balaban J connectivity index is 1.42. The van der Waals surface area contributed by atoms with Gasteiger partial charge in [-0.05, 0) is 56.8 Å². The fraction of sp³-hybridized carbons (Fsp3) is 0.708. The largest absolute Gasteiger partial charge is 0.437 e. The van der Waals surface area contributed by atoms with Gasteiger partial charge in [0.25, 0.3) is 0 Å². The average molecular weight is 567 g/mol. The lowest BCUT2D eigenvalue weighted by molar-refractivity contribution is -0.200. The van der Waals surface area contributed by atoms with Crippen molar-refractivity contribution in [2.75, 3.05) is 57.0 Å². The summed E-state index contributed by atoms with van der Waals surface area (Å²) in [5.74, 6) is 0. The smallest absolute Gasteiger partial charge is 0.425 e. The molecular formula is C24H34ClF3N4O4S. The first-order valence-corrected chi connectivity index (χ1v) is 14.8. The summed E-state index contributed by atoms with van der Waals surface area (Å²) in [5.41, 5.74) is 1.96. The normalized spacial score (nSPS) is 22.4. The molecule has 0 aliphatic carbocycles. The van der Waals surface area contributed by atoms with Crippen LogP contribution >= 0.6 is 11.6 Å². The van der Waals surface area contributed by atoms with E-state index in [9.17, 15) is 26.4 Å². The molecule has 0 bridgehead atoms. The van der Waals surface area contributed by atoms with Gasteiger partial charge in [-0.3, -0.25) is 4.90 Å². The quantitative estimate of drug-likeness (QED) is 0.538. The zero-order valence-electron chi connectivity index (χ0n) is 21.1. The zero-order valence-corrected chi connectivity index (χ0v) is 22.7. The number of hydrogen-bond donors (Lipinski definition) is 0. The number of alkyl halides is 3. The third-order valence-electron chi connectivity index (χ3n) is 7.89. The van der Waals surface area contributed by atoms with Gasteiger partial charge < -0.3 is 14.5 Å². The second kappa shape index (κ2) is 10.8. The summed E-state index contributed by atoms with van der Waals surface area (Å²) in [6, 6.07) is 5.80. The molecule has 3 aliphatic heterocycles. The van der Waals surface area contributed by atoms with Gasteiger partial charge in [-0.1, -0.05) is 17.7 Å². The lowest BCUT2D eigenvalue weighted by atomic mass is 9.84. The van der Waals surface area contributed by atoms with Crippen LogP contribution in [0.5, 0.6) is 0 Å². The van der Waals surface area contributed by atoms with Crippen molar-refractivity contribution in [3.8, 4) is 0 Å². The third-order valence-corrected chi connectivity index (χ3v) is 9.43. The number of sulfonamides is 1. The molecule has 1 aromatic rings. The first kappa shape index (κ1) is 28.3. The van der Waals surface area contributed by atoms with Gasteiger partial charge in [0.05, 0.1) is 6.26 Å². The number of halogens is 4. The highest BCUT2D eigenvalue weighted by atomic mass is 35.5. The van der Waals surface area contributed by atoms with Crippen LogP contribution in [-0.4, -0.2) is 98.5 Å². The number of piperidine rings is 1. The van der Waals surface area contributed by atoms with Crippen LogP contribution in [0.25, 0.3) is 0 Å². The van der Waals surface area contributed by atoms with E-state index in [0.29, 0.717) is 63.7 Å². The fourth-order valence-electron chi connectivity index (χ4n) is 5.64. The van der Waals surface area contributed by atoms with Gasteiger partial charge in [-0.25, -0.2) is 13.2 Å². The van der Waals surface area contributed by atoms with E-state index in [0.717, 1.165) is 37.6 Å². The summed E-state index contributed by atoms with van der Waals surface area (Å²) in [6.45, 7) is 5.06. The molecule has 1 spiro atoms. The molecule has 13 heteroatoms. The summed E-state index contributed by atoms with van der Waals surface area (Å²) in [6.07, 6.45) is -3.11. The van der Waals surface area contributed by atoms with E-state index in [1.807, 2.05) is 18.2 Å². The topological polar surface area (TPSA) is 73.4 Å². The maximum atomic E-state index is 12.8. The van der Waals surface area contributed by atoms with Crippen molar-refractivity contribution in [2.45, 2.75) is 57.0 Å². The average Bonchev–Trinajstić information content (AvgIpc) is 3.20. The second-order valence-electron chi connectivity index (χ2n) is 10.2. The van der Waals surface area contributed by atoms with Gasteiger partial charge in [0.1, 0.15) is 0 Å². The molecule has 1 atom stereocenters. The molecule has 0 radical (unpaired) electrons. The molecule has 0 N–H and O–H groups in total. The van der Waals surface area contributed by atoms with Gasteiger partial charge in [-0.2, -0.15) is 17.5 Å². The van der Waals surface area contributed by atoms with E-state index in [-0.39, 0.29) is 5.54 Å². The van der Waals surface area contributed by atoms with E-state index in [1.54, 1.807) is 0 Å². The number of carbonyl (C=O) groups excluding carboxylic acids is 1. The second-order valence-corrected chi connectivity index (χ2v) is 12.6. The van der Waals surface area contributed by atoms with Crippen molar-refractivity contribution in [1.29, 1.82) is 0 Å². The molecule has 0 saturated carbocycles. The number of nitrogens with zero attached hydrogens (tertiary/aromatic N) is 4. The molecule has 1 aromatic carbocycles. The molecule has 3 aliphatic rings. The number of hydrogen-bond acceptors (Lipinski definition) is 6. The van der Waals surface area contributed by atoms with Crippen LogP contribution in [0, 0.1) is 0 Å². The highest BCUT2D eigenvalue weighted by Gasteiger charge is 2.45. The van der Waals surface area contributed by atoms with E-state index in [1.165, 1.54) is 15.5 Å². The Labute approximate surface area is 221 Å². The molecule has 0 aromatic heterocycles. The SMILES string of the molecule is CC(OC(=O)N1CCC2(CCCN2Cc2ccc(Cl)cc2N2CCN(S(C)(=O)=O)CC2)CC1)C(F)(F)F. The van der Waals surface area contributed by atoms with Crippen LogP contribution in [0.1, 0.15) is 38.2 Å². The zero-order chi connectivity index (χ0) is 27.0. The van der Waals surface area contributed by atoms with Crippen LogP contribution in [0.4, 0.5) is 23.7 Å². The number of likely N-dealkylation sites (tertiary alicyclic amines) is 2. The van der Waals surface area contributed by atoms with E-state index in [2.05, 4.69) is 14.5 Å². The maximum Gasteiger partial charge on any atom is 0.425 e. The van der Waals surface area contributed by atoms with E-state index in [4.69, 9.17) is 11.6 Å². The van der Waals surface area contributed by atoms with Crippen LogP contribution in [0.15, 0.2) is 18.2 Å². The van der Waals surface area contributed by atoms with E-state index >= 15 is 0 Å². The van der Waals surface area contributed by atoms with Crippen LogP contribution in [0.3, 0.4) is 0 Å². The standard InChI is InChI=1S/C24H34ClF3N4O4S/c1-18(24(26,27)28)36-22(33)30-10-7-23(8-11-30)6-3-9-31(23)17-19-4-5-20(25)16-21(19)29-12-14-32(15-13-29)37(2,34)35/h4-5,16,18H,3,6-15,17H2,1-2H3. The predicted molar refractivity (Wildman–Crippen MR) is 135 cm³/mol. The third kappa shape index (κ3) is 6.46. The predicted octanol–water partition coefficient (Wildman–Crippen LogP) is 3.94. The Bertz CT molecular complexity index is 1090. The molecule has 37 heavy (non-hydrogen) atoms. The minimum atomic E-state index is -4.58. The van der Waals surface area contributed by atoms with Gasteiger partial charge in [0.15, 0.2) is 6.10 Å². The Morgan fingerprint density at radius 3 is 2.32 bits per heavy atom. The molecule has 1 amide bonds. The summed E-state index contributed by atoms with van der Waals surface area (Å²) in [4.78, 5) is 18.3. The maximum absolute atomic E-state index is 12.8. The Hall–Kier alpha value is -1.76. The highest BCUT2D eigenvalue weighted by Crippen LogP contribution is 2.41. The molecule has 3 fully saturated rings. The minimum Gasteiger partial charge on any atom is -0.437 e. The number of rotatable bonds is 5. The van der Waals surface area contributed by atoms with E-state index < -0.39 is 28.4 Å². The van der Waals surface area contributed by atoms with Crippen molar-refractivity contribution in [3.05, 3.63) is 28.8 Å². The molecule has 208 valence electrons. The van der Waals surface area contributed by atoms with Crippen molar-refractivity contribution in [1.82, 2.24) is 14.1 Å². The van der Waals surface area contributed by atoms with Crippen molar-refractivity contribution in [2.24, 2.45) is 0 Å². The van der Waals surface area contributed by atoms with Crippen molar-refractivity contribution in [3.63, 3.8) is 0 Å². The molecule has 4 rings (SSSR count). The Morgan fingerprint density at radius 1 is 1.08 bits per heavy atom. The summed E-state index contributed by atoms with van der Waals surface area (Å²) < 4.78 is 68.3. The fourth-order valence-corrected chi connectivity index (χ4v) is 6.63. The highest BCUT2D eigenvalue weighted by molar-refractivity contribution is 7.88. The van der Waals surface area contributed by atoms with Crippen LogP contribution in [-0.2, 0) is 21.3 Å². The van der Waals surface area contributed by atoms with Crippen molar-refractivity contribution >= 4 is 33.4 Å². The minimum absolute atomic E-state index is 0.127. The lowest BCUT2D eigenvalue weighted by Crippen LogP contribution is -2.53. The van der Waals surface area contributed by atoms with Gasteiger partial charge in [0.2, 0.25) is 10.0 Å². The van der Waals surface area contributed by atoms with Gasteiger partial charge in [0, 0.05) is 62.1 Å². The molecule has 1 unspecified atom stereocenters. The monoisotopic (exact) mass is 566 g/mol.